The molecular formula is C24H29N5O3. The topological polar surface area (TPSA) is 102 Å². The Morgan fingerprint density at radius 3 is 2.56 bits per heavy atom. The molecular weight excluding hydrogens is 406 g/mol. The zero-order valence-corrected chi connectivity index (χ0v) is 18.3. The molecule has 0 bridgehead atoms. The Labute approximate surface area is 187 Å². The van der Waals surface area contributed by atoms with E-state index in [1.807, 2.05) is 29.2 Å². The molecule has 2 amide bonds. The average Bonchev–Trinajstić information content (AvgIpc) is 3.52. The van der Waals surface area contributed by atoms with Crippen molar-refractivity contribution in [2.75, 3.05) is 32.5 Å². The number of carbonyl (C=O) groups excluding carboxylic acids is 2. The molecule has 2 aromatic rings. The van der Waals surface area contributed by atoms with Gasteiger partial charge in [-0.25, -0.2) is 4.68 Å². The van der Waals surface area contributed by atoms with Gasteiger partial charge < -0.3 is 20.7 Å². The second-order valence-electron chi connectivity index (χ2n) is 9.37. The normalized spacial score (nSPS) is 19.2. The molecule has 2 heterocycles. The summed E-state index contributed by atoms with van der Waals surface area (Å²) in [6.07, 6.45) is 5.63. The van der Waals surface area contributed by atoms with Crippen molar-refractivity contribution >= 4 is 17.6 Å². The highest BCUT2D eigenvalue weighted by Gasteiger charge is 2.54. The molecule has 3 fully saturated rings. The average molecular weight is 436 g/mol. The summed E-state index contributed by atoms with van der Waals surface area (Å²) in [5.41, 5.74) is 8.37. The first kappa shape index (κ1) is 20.6. The van der Waals surface area contributed by atoms with Crippen LogP contribution in [0.15, 0.2) is 36.9 Å². The van der Waals surface area contributed by atoms with E-state index >= 15 is 0 Å². The van der Waals surface area contributed by atoms with Gasteiger partial charge in [0, 0.05) is 31.1 Å². The summed E-state index contributed by atoms with van der Waals surface area (Å²) in [5.74, 6) is 1.61. The molecule has 1 aromatic carbocycles. The van der Waals surface area contributed by atoms with Crippen LogP contribution < -0.4 is 15.8 Å². The Balaban J connectivity index is 1.35. The molecule has 168 valence electrons. The third-order valence-electron chi connectivity index (χ3n) is 6.93. The van der Waals surface area contributed by atoms with Gasteiger partial charge >= 0.3 is 0 Å². The number of nitrogens with two attached hydrogens (primary N) is 1. The van der Waals surface area contributed by atoms with Gasteiger partial charge in [-0.3, -0.25) is 9.59 Å². The second kappa shape index (κ2) is 7.69. The second-order valence-corrected chi connectivity index (χ2v) is 9.37. The molecule has 8 heteroatoms. The number of nitrogens with zero attached hydrogens (tertiary/aromatic N) is 3. The Morgan fingerprint density at radius 1 is 1.28 bits per heavy atom. The highest BCUT2D eigenvalue weighted by atomic mass is 16.5. The van der Waals surface area contributed by atoms with Gasteiger partial charge in [-0.15, -0.1) is 0 Å². The van der Waals surface area contributed by atoms with Gasteiger partial charge in [0.2, 0.25) is 5.91 Å². The van der Waals surface area contributed by atoms with Crippen molar-refractivity contribution in [2.45, 2.75) is 31.7 Å². The summed E-state index contributed by atoms with van der Waals surface area (Å²) < 4.78 is 7.62. The molecule has 0 unspecified atom stereocenters. The molecule has 3 N–H and O–H groups in total. The number of benzene rings is 1. The molecule has 2 saturated carbocycles. The number of nitrogen functional groups attached to an aromatic ring is 1. The van der Waals surface area contributed by atoms with Gasteiger partial charge in [-0.05, 0) is 61.9 Å². The Bertz CT molecular complexity index is 1060. The van der Waals surface area contributed by atoms with E-state index in [0.29, 0.717) is 23.0 Å². The predicted octanol–water partition coefficient (Wildman–Crippen LogP) is 2.63. The van der Waals surface area contributed by atoms with E-state index in [4.69, 9.17) is 15.6 Å². The largest absolute Gasteiger partial charge is 0.493 e. The van der Waals surface area contributed by atoms with Crippen molar-refractivity contribution in [3.05, 3.63) is 42.5 Å². The smallest absolute Gasteiger partial charge is 0.257 e. The van der Waals surface area contributed by atoms with Crippen LogP contribution in [0.25, 0.3) is 11.3 Å². The van der Waals surface area contributed by atoms with Crippen LogP contribution in [0.4, 0.5) is 5.82 Å². The number of ether oxygens (including phenoxy) is 1. The summed E-state index contributed by atoms with van der Waals surface area (Å²) in [7, 11) is 1.59. The molecule has 0 radical (unpaired) electrons. The summed E-state index contributed by atoms with van der Waals surface area (Å²) in [6, 6.07) is 7.80. The SMILES string of the molecule is C=CC(=O)N1CC2(CC(n3nc(-c4ccc(OCC5CC5)cc4)c(C(=O)NC)c3N)C2)C1. The Hall–Kier alpha value is -3.29. The molecule has 0 atom stereocenters. The molecule has 1 saturated heterocycles. The van der Waals surface area contributed by atoms with E-state index in [9.17, 15) is 9.59 Å². The first-order chi connectivity index (χ1) is 15.4. The third kappa shape index (κ3) is 3.53. The molecule has 2 aliphatic carbocycles. The third-order valence-corrected chi connectivity index (χ3v) is 6.93. The minimum absolute atomic E-state index is 0.0218. The van der Waals surface area contributed by atoms with Crippen LogP contribution in [-0.2, 0) is 4.79 Å². The standard InChI is InChI=1S/C24H29N5O3/c1-3-19(30)28-13-24(14-28)10-17(11-24)29-22(25)20(23(31)26-2)21(27-29)16-6-8-18(9-7-16)32-12-15-4-5-15/h3,6-9,15,17H,1,4-5,10-14,25H2,2H3,(H,26,31). The van der Waals surface area contributed by atoms with Gasteiger partial charge in [-0.2, -0.15) is 5.10 Å². The maximum absolute atomic E-state index is 12.6. The van der Waals surface area contributed by atoms with Crippen LogP contribution in [0.2, 0.25) is 0 Å². The van der Waals surface area contributed by atoms with Gasteiger partial charge in [0.1, 0.15) is 22.8 Å². The molecule has 8 nitrogen and oxygen atoms in total. The number of rotatable bonds is 7. The summed E-state index contributed by atoms with van der Waals surface area (Å²) in [5, 5.41) is 7.46. The first-order valence-electron chi connectivity index (χ1n) is 11.2. The van der Waals surface area contributed by atoms with Crippen molar-refractivity contribution in [3.63, 3.8) is 0 Å². The van der Waals surface area contributed by atoms with E-state index in [2.05, 4.69) is 11.9 Å². The number of hydrogen-bond donors (Lipinski definition) is 2. The van der Waals surface area contributed by atoms with Crippen LogP contribution >= 0.6 is 0 Å². The summed E-state index contributed by atoms with van der Waals surface area (Å²) >= 11 is 0. The number of anilines is 1. The van der Waals surface area contributed by atoms with Crippen LogP contribution in [0, 0.1) is 11.3 Å². The zero-order chi connectivity index (χ0) is 22.5. The summed E-state index contributed by atoms with van der Waals surface area (Å²) in [4.78, 5) is 26.2. The molecule has 1 aromatic heterocycles. The molecule has 1 aliphatic heterocycles. The fourth-order valence-electron chi connectivity index (χ4n) is 4.90. The van der Waals surface area contributed by atoms with Crippen LogP contribution in [0.3, 0.4) is 0 Å². The van der Waals surface area contributed by atoms with E-state index in [1.54, 1.807) is 11.7 Å². The lowest BCUT2D eigenvalue weighted by Gasteiger charge is -2.58. The maximum atomic E-state index is 12.6. The Morgan fingerprint density at radius 2 is 1.97 bits per heavy atom. The lowest BCUT2D eigenvalue weighted by Crippen LogP contribution is -2.63. The van der Waals surface area contributed by atoms with Gasteiger partial charge in [0.05, 0.1) is 12.6 Å². The molecule has 32 heavy (non-hydrogen) atoms. The van der Waals surface area contributed by atoms with E-state index < -0.39 is 0 Å². The fourth-order valence-corrected chi connectivity index (χ4v) is 4.90. The number of amides is 2. The number of hydrogen-bond acceptors (Lipinski definition) is 5. The molecule has 5 rings (SSSR count). The maximum Gasteiger partial charge on any atom is 0.257 e. The number of likely N-dealkylation sites (tertiary alicyclic amines) is 1. The summed E-state index contributed by atoms with van der Waals surface area (Å²) in [6.45, 7) is 5.79. The lowest BCUT2D eigenvalue weighted by molar-refractivity contribution is -0.148. The van der Waals surface area contributed by atoms with Gasteiger partial charge in [0.15, 0.2) is 0 Å². The van der Waals surface area contributed by atoms with Crippen molar-refractivity contribution < 1.29 is 14.3 Å². The Kier molecular flexibility index (Phi) is 4.95. The van der Waals surface area contributed by atoms with Gasteiger partial charge in [0.25, 0.3) is 5.91 Å². The number of nitrogens with one attached hydrogen (secondary N) is 1. The number of carbonyl (C=O) groups is 2. The van der Waals surface area contributed by atoms with Crippen LogP contribution in [0.1, 0.15) is 42.1 Å². The molecule has 3 aliphatic rings. The lowest BCUT2D eigenvalue weighted by atomic mass is 9.60. The van der Waals surface area contributed by atoms with E-state index in [0.717, 1.165) is 43.9 Å². The zero-order valence-electron chi connectivity index (χ0n) is 18.3. The van der Waals surface area contributed by atoms with Crippen molar-refractivity contribution in [1.82, 2.24) is 20.0 Å². The van der Waals surface area contributed by atoms with E-state index in [1.165, 1.54) is 18.9 Å². The highest BCUT2D eigenvalue weighted by Crippen LogP contribution is 2.55. The quantitative estimate of drug-likeness (QED) is 0.651. The predicted molar refractivity (Wildman–Crippen MR) is 121 cm³/mol. The monoisotopic (exact) mass is 435 g/mol. The highest BCUT2D eigenvalue weighted by molar-refractivity contribution is 6.04. The minimum Gasteiger partial charge on any atom is -0.493 e. The molecule has 1 spiro atoms. The number of aromatic nitrogens is 2. The fraction of sp³-hybridized carbons (Fsp3) is 0.458. The first-order valence-corrected chi connectivity index (χ1v) is 11.2. The van der Waals surface area contributed by atoms with E-state index in [-0.39, 0.29) is 23.3 Å². The van der Waals surface area contributed by atoms with Crippen molar-refractivity contribution in [3.8, 4) is 17.0 Å². The van der Waals surface area contributed by atoms with Gasteiger partial charge in [-0.1, -0.05) is 6.58 Å². The van der Waals surface area contributed by atoms with Crippen molar-refractivity contribution in [2.24, 2.45) is 11.3 Å². The van der Waals surface area contributed by atoms with Crippen molar-refractivity contribution in [1.29, 1.82) is 0 Å². The minimum atomic E-state index is -0.252. The van der Waals surface area contributed by atoms with Crippen LogP contribution in [0.5, 0.6) is 5.75 Å². The van der Waals surface area contributed by atoms with Crippen LogP contribution in [-0.4, -0.2) is 53.2 Å².